The molecule has 0 aliphatic heterocycles. The zero-order valence-electron chi connectivity index (χ0n) is 10.3. The molecule has 0 saturated heterocycles. The fourth-order valence-electron chi connectivity index (χ4n) is 1.66. The Balaban J connectivity index is 2.44. The van der Waals surface area contributed by atoms with Gasteiger partial charge in [0.15, 0.2) is 0 Å². The van der Waals surface area contributed by atoms with E-state index in [2.05, 4.69) is 0 Å². The number of aromatic carboxylic acids is 1. The molecule has 2 aromatic carbocycles. The summed E-state index contributed by atoms with van der Waals surface area (Å²) in [5.74, 6) is -1.04. The molecule has 5 heteroatoms. The molecule has 0 spiro atoms. The molecule has 0 bridgehead atoms. The predicted octanol–water partition coefficient (Wildman–Crippen LogP) is 3.16. The van der Waals surface area contributed by atoms with Gasteiger partial charge in [-0.15, -0.1) is 0 Å². The second-order valence-corrected chi connectivity index (χ2v) is 6.25. The van der Waals surface area contributed by atoms with Gasteiger partial charge in [0.1, 0.15) is 9.73 Å². The molecule has 0 fully saturated rings. The molecular weight excluding hydrogens is 262 g/mol. The molecule has 98 valence electrons. The van der Waals surface area contributed by atoms with E-state index in [4.69, 9.17) is 9.89 Å². The van der Waals surface area contributed by atoms with Gasteiger partial charge in [-0.3, -0.25) is 0 Å². The van der Waals surface area contributed by atoms with Crippen LogP contribution in [-0.2, 0) is 9.73 Å². The van der Waals surface area contributed by atoms with Crippen molar-refractivity contribution >= 4 is 15.7 Å². The molecule has 2 rings (SSSR count). The SMILES string of the molecule is Cc1ccc(S(=N)(=O)c2ccc(C(=O)O)cc2)cc1. The van der Waals surface area contributed by atoms with Gasteiger partial charge in [-0.25, -0.2) is 13.8 Å². The van der Waals surface area contributed by atoms with E-state index in [9.17, 15) is 9.00 Å². The Morgan fingerprint density at radius 1 is 1.00 bits per heavy atom. The maximum Gasteiger partial charge on any atom is 0.335 e. The van der Waals surface area contributed by atoms with Gasteiger partial charge >= 0.3 is 5.97 Å². The average molecular weight is 275 g/mol. The third-order valence-electron chi connectivity index (χ3n) is 2.79. The van der Waals surface area contributed by atoms with Crippen LogP contribution in [0.15, 0.2) is 58.3 Å². The summed E-state index contributed by atoms with van der Waals surface area (Å²) in [6.07, 6.45) is 0. The Bertz CT molecular complexity index is 701. The van der Waals surface area contributed by atoms with E-state index in [1.807, 2.05) is 6.92 Å². The first-order chi connectivity index (χ1) is 8.91. The highest BCUT2D eigenvalue weighted by Gasteiger charge is 2.14. The summed E-state index contributed by atoms with van der Waals surface area (Å²) in [6, 6.07) is 12.5. The van der Waals surface area contributed by atoms with Crippen molar-refractivity contribution in [3.63, 3.8) is 0 Å². The summed E-state index contributed by atoms with van der Waals surface area (Å²) >= 11 is 0. The summed E-state index contributed by atoms with van der Waals surface area (Å²) in [5.41, 5.74) is 1.14. The highest BCUT2D eigenvalue weighted by molar-refractivity contribution is 7.92. The van der Waals surface area contributed by atoms with Gasteiger partial charge in [0.2, 0.25) is 0 Å². The van der Waals surface area contributed by atoms with Gasteiger partial charge in [-0.1, -0.05) is 17.7 Å². The van der Waals surface area contributed by atoms with Gasteiger partial charge in [0, 0.05) is 0 Å². The second kappa shape index (κ2) is 4.85. The predicted molar refractivity (Wildman–Crippen MR) is 72.0 cm³/mol. The number of hydrogen-bond acceptors (Lipinski definition) is 3. The Morgan fingerprint density at radius 2 is 1.42 bits per heavy atom. The second-order valence-electron chi connectivity index (χ2n) is 4.20. The molecule has 2 N–H and O–H groups in total. The van der Waals surface area contributed by atoms with Crippen LogP contribution in [0.1, 0.15) is 15.9 Å². The fraction of sp³-hybridized carbons (Fsp3) is 0.0714. The number of hydrogen-bond donors (Lipinski definition) is 2. The summed E-state index contributed by atoms with van der Waals surface area (Å²) in [4.78, 5) is 11.5. The number of nitrogens with one attached hydrogen (secondary N) is 1. The highest BCUT2D eigenvalue weighted by Crippen LogP contribution is 2.22. The first-order valence-electron chi connectivity index (χ1n) is 5.60. The maximum atomic E-state index is 12.5. The molecule has 0 heterocycles. The monoisotopic (exact) mass is 275 g/mol. The third kappa shape index (κ3) is 2.66. The van der Waals surface area contributed by atoms with E-state index in [0.29, 0.717) is 9.79 Å². The van der Waals surface area contributed by atoms with Crippen LogP contribution in [0.25, 0.3) is 0 Å². The lowest BCUT2D eigenvalue weighted by Crippen LogP contribution is -2.02. The molecule has 0 aliphatic rings. The molecule has 1 unspecified atom stereocenters. The van der Waals surface area contributed by atoms with Crippen molar-refractivity contribution < 1.29 is 14.1 Å². The van der Waals surface area contributed by atoms with Crippen LogP contribution < -0.4 is 0 Å². The van der Waals surface area contributed by atoms with Gasteiger partial charge in [0.25, 0.3) is 0 Å². The lowest BCUT2D eigenvalue weighted by molar-refractivity contribution is 0.0697. The first-order valence-corrected chi connectivity index (χ1v) is 7.16. The lowest BCUT2D eigenvalue weighted by Gasteiger charge is -2.08. The minimum Gasteiger partial charge on any atom is -0.478 e. The Morgan fingerprint density at radius 3 is 1.84 bits per heavy atom. The number of carboxylic acids is 1. The number of rotatable bonds is 3. The van der Waals surface area contributed by atoms with E-state index in [-0.39, 0.29) is 5.56 Å². The third-order valence-corrected chi connectivity index (χ3v) is 4.66. The molecule has 1 atom stereocenters. The van der Waals surface area contributed by atoms with E-state index < -0.39 is 15.7 Å². The zero-order valence-corrected chi connectivity index (χ0v) is 11.1. The molecular formula is C14H13NO3S. The van der Waals surface area contributed by atoms with Crippen LogP contribution in [0.3, 0.4) is 0 Å². The number of carboxylic acid groups (broad SMARTS) is 1. The summed E-state index contributed by atoms with van der Waals surface area (Å²) in [5, 5.41) is 8.81. The minimum atomic E-state index is -3.09. The van der Waals surface area contributed by atoms with Crippen molar-refractivity contribution in [3.8, 4) is 0 Å². The molecule has 0 aromatic heterocycles. The Labute approximate surface area is 111 Å². The Kier molecular flexibility index (Phi) is 3.40. The zero-order chi connectivity index (χ0) is 14.0. The molecule has 0 amide bonds. The van der Waals surface area contributed by atoms with Gasteiger partial charge in [-0.2, -0.15) is 0 Å². The highest BCUT2D eigenvalue weighted by atomic mass is 32.2. The Hall–Kier alpha value is -2.14. The smallest absolute Gasteiger partial charge is 0.335 e. The van der Waals surface area contributed by atoms with Crippen molar-refractivity contribution in [3.05, 3.63) is 59.7 Å². The molecule has 0 saturated carbocycles. The number of carbonyl (C=O) groups is 1. The van der Waals surface area contributed by atoms with E-state index in [0.717, 1.165) is 5.56 Å². The van der Waals surface area contributed by atoms with Gasteiger partial charge < -0.3 is 5.11 Å². The topological polar surface area (TPSA) is 78.2 Å². The number of benzene rings is 2. The molecule has 4 nitrogen and oxygen atoms in total. The molecule has 0 aliphatic carbocycles. The molecule has 0 radical (unpaired) electrons. The molecule has 19 heavy (non-hydrogen) atoms. The van der Waals surface area contributed by atoms with Crippen LogP contribution >= 0.6 is 0 Å². The van der Waals surface area contributed by atoms with Crippen LogP contribution in [0.2, 0.25) is 0 Å². The van der Waals surface area contributed by atoms with Crippen LogP contribution in [0.4, 0.5) is 0 Å². The number of aryl methyl sites for hydroxylation is 1. The normalized spacial score (nSPS) is 13.7. The molecule has 2 aromatic rings. The van der Waals surface area contributed by atoms with Crippen LogP contribution in [0, 0.1) is 11.7 Å². The van der Waals surface area contributed by atoms with Crippen molar-refractivity contribution in [2.24, 2.45) is 0 Å². The van der Waals surface area contributed by atoms with E-state index in [1.165, 1.54) is 24.3 Å². The maximum absolute atomic E-state index is 12.5. The average Bonchev–Trinajstić information content (AvgIpc) is 2.39. The van der Waals surface area contributed by atoms with Gasteiger partial charge in [0.05, 0.1) is 15.4 Å². The fourth-order valence-corrected chi connectivity index (χ4v) is 2.97. The van der Waals surface area contributed by atoms with Gasteiger partial charge in [-0.05, 0) is 43.3 Å². The van der Waals surface area contributed by atoms with Crippen molar-refractivity contribution in [2.75, 3.05) is 0 Å². The standard InChI is InChI=1S/C14H13NO3S/c1-10-2-6-12(7-3-10)19(15,18)13-8-4-11(5-9-13)14(16)17/h2-9,15H,1H3,(H,16,17). The minimum absolute atomic E-state index is 0.114. The first kappa shape index (κ1) is 13.3. The quantitative estimate of drug-likeness (QED) is 0.903. The van der Waals surface area contributed by atoms with Crippen molar-refractivity contribution in [1.82, 2.24) is 0 Å². The van der Waals surface area contributed by atoms with E-state index in [1.54, 1.807) is 24.3 Å². The van der Waals surface area contributed by atoms with Crippen LogP contribution in [0.5, 0.6) is 0 Å². The largest absolute Gasteiger partial charge is 0.478 e. The van der Waals surface area contributed by atoms with Crippen molar-refractivity contribution in [2.45, 2.75) is 16.7 Å². The summed E-state index contributed by atoms with van der Waals surface area (Å²) in [6.45, 7) is 1.91. The lowest BCUT2D eigenvalue weighted by atomic mass is 10.2. The summed E-state index contributed by atoms with van der Waals surface area (Å²) < 4.78 is 20.5. The summed E-state index contributed by atoms with van der Waals surface area (Å²) in [7, 11) is -3.09. The van der Waals surface area contributed by atoms with Crippen molar-refractivity contribution in [1.29, 1.82) is 4.78 Å². The van der Waals surface area contributed by atoms with E-state index >= 15 is 0 Å². The van der Waals surface area contributed by atoms with Crippen LogP contribution in [-0.4, -0.2) is 15.3 Å².